The molecule has 1 fully saturated rings. The minimum Gasteiger partial charge on any atom is -0.465 e. The van der Waals surface area contributed by atoms with Gasteiger partial charge in [0, 0.05) is 30.2 Å². The fraction of sp³-hybridized carbons (Fsp3) is 0.417. The van der Waals surface area contributed by atoms with Gasteiger partial charge in [0.1, 0.15) is 5.69 Å². The fourth-order valence-electron chi connectivity index (χ4n) is 2.21. The zero-order chi connectivity index (χ0) is 14.7. The van der Waals surface area contributed by atoms with Gasteiger partial charge in [-0.1, -0.05) is 11.6 Å². The van der Waals surface area contributed by atoms with E-state index in [1.807, 2.05) is 0 Å². The molecule has 1 amide bonds. The number of rotatable bonds is 3. The van der Waals surface area contributed by atoms with Crippen LogP contribution in [0.4, 0.5) is 16.2 Å². The average molecular weight is 300 g/mol. The SMILES string of the molecule is O=C(O)N1CCC(Nc2ccc(Cl)cc2[N+](=O)[O-])CC1. The number of nitro benzene ring substituents is 1. The van der Waals surface area contributed by atoms with Gasteiger partial charge in [-0.25, -0.2) is 4.79 Å². The third kappa shape index (κ3) is 3.30. The third-order valence-corrected chi connectivity index (χ3v) is 3.52. The highest BCUT2D eigenvalue weighted by atomic mass is 35.5. The number of halogens is 1. The van der Waals surface area contributed by atoms with E-state index in [1.54, 1.807) is 12.1 Å². The summed E-state index contributed by atoms with van der Waals surface area (Å²) in [6.07, 6.45) is 0.305. The van der Waals surface area contributed by atoms with E-state index < -0.39 is 11.0 Å². The van der Waals surface area contributed by atoms with Crippen molar-refractivity contribution in [3.8, 4) is 0 Å². The van der Waals surface area contributed by atoms with E-state index in [9.17, 15) is 14.9 Å². The van der Waals surface area contributed by atoms with Gasteiger partial charge >= 0.3 is 6.09 Å². The Morgan fingerprint density at radius 2 is 2.10 bits per heavy atom. The number of nitro groups is 1. The van der Waals surface area contributed by atoms with Crippen LogP contribution in [0.15, 0.2) is 18.2 Å². The molecule has 0 radical (unpaired) electrons. The number of hydrogen-bond acceptors (Lipinski definition) is 4. The minimum atomic E-state index is -0.930. The number of hydrogen-bond donors (Lipinski definition) is 2. The first-order valence-corrected chi connectivity index (χ1v) is 6.53. The predicted molar refractivity (Wildman–Crippen MR) is 74.3 cm³/mol. The van der Waals surface area contributed by atoms with Gasteiger partial charge in [0.25, 0.3) is 5.69 Å². The van der Waals surface area contributed by atoms with E-state index in [1.165, 1.54) is 11.0 Å². The number of carbonyl (C=O) groups is 1. The van der Waals surface area contributed by atoms with E-state index >= 15 is 0 Å². The number of anilines is 1. The van der Waals surface area contributed by atoms with Gasteiger partial charge in [-0.15, -0.1) is 0 Å². The molecule has 1 saturated heterocycles. The molecule has 7 nitrogen and oxygen atoms in total. The van der Waals surface area contributed by atoms with Gasteiger partial charge in [0.05, 0.1) is 4.92 Å². The van der Waals surface area contributed by atoms with Crippen LogP contribution in [0, 0.1) is 10.1 Å². The molecule has 1 aliphatic heterocycles. The van der Waals surface area contributed by atoms with Gasteiger partial charge in [-0.2, -0.15) is 0 Å². The Balaban J connectivity index is 2.04. The second-order valence-corrected chi connectivity index (χ2v) is 5.04. The van der Waals surface area contributed by atoms with Crippen LogP contribution in [-0.4, -0.2) is 40.2 Å². The van der Waals surface area contributed by atoms with Crippen LogP contribution in [-0.2, 0) is 0 Å². The van der Waals surface area contributed by atoms with Crippen molar-refractivity contribution in [1.29, 1.82) is 0 Å². The predicted octanol–water partition coefficient (Wildman–Crippen LogP) is 2.80. The van der Waals surface area contributed by atoms with Gasteiger partial charge in [-0.05, 0) is 25.0 Å². The summed E-state index contributed by atoms with van der Waals surface area (Å²) < 4.78 is 0. The molecular formula is C12H14ClN3O4. The molecule has 108 valence electrons. The number of carboxylic acid groups (broad SMARTS) is 1. The molecule has 1 aromatic carbocycles. The Morgan fingerprint density at radius 1 is 1.45 bits per heavy atom. The van der Waals surface area contributed by atoms with E-state index in [4.69, 9.17) is 16.7 Å². The highest BCUT2D eigenvalue weighted by molar-refractivity contribution is 6.30. The van der Waals surface area contributed by atoms with Crippen molar-refractivity contribution in [2.75, 3.05) is 18.4 Å². The lowest BCUT2D eigenvalue weighted by atomic mass is 10.0. The minimum absolute atomic E-state index is 0.0190. The molecular weight excluding hydrogens is 286 g/mol. The maximum atomic E-state index is 11.0. The van der Waals surface area contributed by atoms with Crippen LogP contribution in [0.2, 0.25) is 5.02 Å². The van der Waals surface area contributed by atoms with Crippen LogP contribution >= 0.6 is 11.6 Å². The average Bonchev–Trinajstić information content (AvgIpc) is 2.41. The van der Waals surface area contributed by atoms with Crippen molar-refractivity contribution in [1.82, 2.24) is 4.90 Å². The first-order chi connectivity index (χ1) is 9.47. The van der Waals surface area contributed by atoms with Crippen LogP contribution in [0.3, 0.4) is 0 Å². The molecule has 2 N–H and O–H groups in total. The van der Waals surface area contributed by atoms with Crippen molar-refractivity contribution < 1.29 is 14.8 Å². The lowest BCUT2D eigenvalue weighted by molar-refractivity contribution is -0.384. The summed E-state index contributed by atoms with van der Waals surface area (Å²) >= 11 is 5.75. The highest BCUT2D eigenvalue weighted by Gasteiger charge is 2.24. The molecule has 1 heterocycles. The second-order valence-electron chi connectivity index (χ2n) is 4.61. The number of piperidine rings is 1. The fourth-order valence-corrected chi connectivity index (χ4v) is 2.38. The Kier molecular flexibility index (Phi) is 4.29. The van der Waals surface area contributed by atoms with Crippen LogP contribution in [0.25, 0.3) is 0 Å². The van der Waals surface area contributed by atoms with Gasteiger partial charge < -0.3 is 15.3 Å². The third-order valence-electron chi connectivity index (χ3n) is 3.28. The van der Waals surface area contributed by atoms with Crippen molar-refractivity contribution in [2.45, 2.75) is 18.9 Å². The Bertz CT molecular complexity index is 529. The van der Waals surface area contributed by atoms with Crippen molar-refractivity contribution in [3.63, 3.8) is 0 Å². The number of nitrogens with one attached hydrogen (secondary N) is 1. The molecule has 1 aromatic rings. The van der Waals surface area contributed by atoms with Gasteiger partial charge in [-0.3, -0.25) is 10.1 Å². The lowest BCUT2D eigenvalue weighted by Gasteiger charge is -2.30. The Morgan fingerprint density at radius 3 is 2.65 bits per heavy atom. The van der Waals surface area contributed by atoms with Crippen molar-refractivity contribution in [2.24, 2.45) is 0 Å². The quantitative estimate of drug-likeness (QED) is 0.661. The molecule has 0 aromatic heterocycles. The summed E-state index contributed by atoms with van der Waals surface area (Å²) in [5.41, 5.74) is 0.339. The number of likely N-dealkylation sites (tertiary alicyclic amines) is 1. The first-order valence-electron chi connectivity index (χ1n) is 6.15. The first kappa shape index (κ1) is 14.4. The van der Waals surface area contributed by atoms with Gasteiger partial charge in [0.2, 0.25) is 0 Å². The largest absolute Gasteiger partial charge is 0.465 e. The smallest absolute Gasteiger partial charge is 0.407 e. The Hall–Kier alpha value is -2.02. The summed E-state index contributed by atoms with van der Waals surface area (Å²) in [6.45, 7) is 0.850. The molecule has 0 saturated carbocycles. The van der Waals surface area contributed by atoms with Crippen molar-refractivity contribution >= 4 is 29.1 Å². The van der Waals surface area contributed by atoms with Crippen LogP contribution in [0.5, 0.6) is 0 Å². The second kappa shape index (κ2) is 5.96. The standard InChI is InChI=1S/C12H14ClN3O4/c13-8-1-2-10(11(7-8)16(19)20)14-9-3-5-15(6-4-9)12(17)18/h1-2,7,9,14H,3-6H2,(H,17,18). The maximum Gasteiger partial charge on any atom is 0.407 e. The zero-order valence-electron chi connectivity index (χ0n) is 10.6. The molecule has 8 heteroatoms. The number of amides is 1. The normalized spacial score (nSPS) is 15.9. The molecule has 1 aliphatic rings. The van der Waals surface area contributed by atoms with Gasteiger partial charge in [0.15, 0.2) is 0 Å². The topological polar surface area (TPSA) is 95.7 Å². The molecule has 2 rings (SSSR count). The summed E-state index contributed by atoms with van der Waals surface area (Å²) in [7, 11) is 0. The molecule has 20 heavy (non-hydrogen) atoms. The molecule has 0 bridgehead atoms. The van der Waals surface area contributed by atoms with E-state index in [0.717, 1.165) is 0 Å². The molecule has 0 unspecified atom stereocenters. The number of benzene rings is 1. The molecule has 0 spiro atoms. The van der Waals surface area contributed by atoms with Crippen LogP contribution < -0.4 is 5.32 Å². The highest BCUT2D eigenvalue weighted by Crippen LogP contribution is 2.29. The number of nitrogens with zero attached hydrogens (tertiary/aromatic N) is 2. The summed E-state index contributed by atoms with van der Waals surface area (Å²) in [5.74, 6) is 0. The summed E-state index contributed by atoms with van der Waals surface area (Å²) in [4.78, 5) is 22.6. The summed E-state index contributed by atoms with van der Waals surface area (Å²) in [6, 6.07) is 4.48. The summed E-state index contributed by atoms with van der Waals surface area (Å²) in [5, 5.41) is 23.2. The maximum absolute atomic E-state index is 11.0. The molecule has 0 aliphatic carbocycles. The van der Waals surface area contributed by atoms with Crippen molar-refractivity contribution in [3.05, 3.63) is 33.3 Å². The van der Waals surface area contributed by atoms with Crippen LogP contribution in [0.1, 0.15) is 12.8 Å². The Labute approximate surface area is 120 Å². The van der Waals surface area contributed by atoms with E-state index in [2.05, 4.69) is 5.32 Å². The lowest BCUT2D eigenvalue weighted by Crippen LogP contribution is -2.41. The molecule has 0 atom stereocenters. The van der Waals surface area contributed by atoms with E-state index in [-0.39, 0.29) is 11.7 Å². The zero-order valence-corrected chi connectivity index (χ0v) is 11.3. The monoisotopic (exact) mass is 299 g/mol. The van der Waals surface area contributed by atoms with E-state index in [0.29, 0.717) is 36.6 Å².